The third-order valence-corrected chi connectivity index (χ3v) is 8.93. The van der Waals surface area contributed by atoms with E-state index in [1.165, 1.54) is 22.4 Å². The summed E-state index contributed by atoms with van der Waals surface area (Å²) < 4.78 is 41.9. The molecule has 2 aliphatic heterocycles. The summed E-state index contributed by atoms with van der Waals surface area (Å²) in [5.74, 6) is -0.837. The van der Waals surface area contributed by atoms with Crippen molar-refractivity contribution in [2.24, 2.45) is 0 Å². The molecule has 41 heavy (non-hydrogen) atoms. The van der Waals surface area contributed by atoms with Gasteiger partial charge in [0.05, 0.1) is 28.2 Å². The molecule has 5 rings (SSSR count). The molecule has 0 radical (unpaired) electrons. The first-order valence-electron chi connectivity index (χ1n) is 13.1. The summed E-state index contributed by atoms with van der Waals surface area (Å²) in [6.07, 6.45) is -0.731. The van der Waals surface area contributed by atoms with Crippen LogP contribution >= 0.6 is 35.0 Å². The molecule has 220 valence electrons. The van der Waals surface area contributed by atoms with Gasteiger partial charge in [0.25, 0.3) is 0 Å². The summed E-state index contributed by atoms with van der Waals surface area (Å²) in [5, 5.41) is 0.553. The number of amides is 1. The van der Waals surface area contributed by atoms with Gasteiger partial charge in [0.2, 0.25) is 0 Å². The van der Waals surface area contributed by atoms with E-state index in [2.05, 4.69) is 4.98 Å². The SMILES string of the molecule is CO[C@@H]1CSc2c(-c3cc(Cl)c(F)cc3F)c(Cl)cc3c(N4CCN(C(=O)OC(C)(C)C)C[C@@H]4C)nc(=O)n(c23)C1. The van der Waals surface area contributed by atoms with Gasteiger partial charge < -0.3 is 19.3 Å². The van der Waals surface area contributed by atoms with Crippen LogP contribution in [0.15, 0.2) is 27.9 Å². The van der Waals surface area contributed by atoms with Gasteiger partial charge in [-0.25, -0.2) is 18.4 Å². The monoisotopic (exact) mass is 626 g/mol. The molecular formula is C28H30Cl2F2N4O4S. The Kier molecular flexibility index (Phi) is 8.19. The zero-order valence-corrected chi connectivity index (χ0v) is 25.6. The lowest BCUT2D eigenvalue weighted by atomic mass is 10.0. The maximum absolute atomic E-state index is 15.2. The number of hydrogen-bond acceptors (Lipinski definition) is 7. The Morgan fingerprint density at radius 3 is 2.49 bits per heavy atom. The van der Waals surface area contributed by atoms with Gasteiger partial charge in [-0.05, 0) is 39.8 Å². The number of halogens is 4. The standard InChI is InChI=1S/C28H30Cl2F2N4O4S/c1-14-11-34(27(38)40-28(2,3)4)6-7-35(14)25-17-9-19(30)22(16-8-18(29)21(32)10-20(16)31)24-23(17)36(26(37)33-25)12-15(39-5)13-41-24/h8-10,14-15H,6-7,11-13H2,1-5H3/t14-,15-/m0/s1. The Morgan fingerprint density at radius 1 is 1.10 bits per heavy atom. The van der Waals surface area contributed by atoms with E-state index in [1.807, 2.05) is 32.6 Å². The Balaban J connectivity index is 1.67. The van der Waals surface area contributed by atoms with E-state index in [4.69, 9.17) is 32.7 Å². The first-order chi connectivity index (χ1) is 19.3. The van der Waals surface area contributed by atoms with Crippen molar-refractivity contribution < 1.29 is 23.0 Å². The molecule has 1 aromatic heterocycles. The summed E-state index contributed by atoms with van der Waals surface area (Å²) in [6, 6.07) is 3.38. The van der Waals surface area contributed by atoms with Crippen LogP contribution in [0.3, 0.4) is 0 Å². The first-order valence-corrected chi connectivity index (χ1v) is 14.8. The number of ether oxygens (including phenoxy) is 2. The zero-order valence-electron chi connectivity index (χ0n) is 23.3. The number of methoxy groups -OCH3 is 1. The van der Waals surface area contributed by atoms with Crippen molar-refractivity contribution >= 4 is 57.8 Å². The van der Waals surface area contributed by atoms with E-state index in [0.29, 0.717) is 52.6 Å². The maximum Gasteiger partial charge on any atom is 0.410 e. The van der Waals surface area contributed by atoms with Crippen LogP contribution in [0, 0.1) is 11.6 Å². The number of rotatable bonds is 3. The number of aromatic nitrogens is 2. The molecule has 8 nitrogen and oxygen atoms in total. The number of hydrogen-bond donors (Lipinski definition) is 0. The van der Waals surface area contributed by atoms with Crippen molar-refractivity contribution in [3.05, 3.63) is 50.4 Å². The lowest BCUT2D eigenvalue weighted by molar-refractivity contribution is 0.0218. The normalized spacial score (nSPS) is 19.4. The predicted molar refractivity (Wildman–Crippen MR) is 158 cm³/mol. The van der Waals surface area contributed by atoms with Crippen LogP contribution in [0.1, 0.15) is 27.7 Å². The summed E-state index contributed by atoms with van der Waals surface area (Å²) in [7, 11) is 1.56. The summed E-state index contributed by atoms with van der Waals surface area (Å²) in [5.41, 5.74) is -0.244. The molecule has 0 spiro atoms. The van der Waals surface area contributed by atoms with Gasteiger partial charge in [0, 0.05) is 66.0 Å². The minimum Gasteiger partial charge on any atom is -0.444 e. The highest BCUT2D eigenvalue weighted by molar-refractivity contribution is 7.99. The van der Waals surface area contributed by atoms with Crippen LogP contribution < -0.4 is 10.6 Å². The van der Waals surface area contributed by atoms with E-state index in [0.717, 1.165) is 6.07 Å². The van der Waals surface area contributed by atoms with Crippen LogP contribution in [0.5, 0.6) is 0 Å². The first kappa shape index (κ1) is 29.9. The van der Waals surface area contributed by atoms with Gasteiger partial charge >= 0.3 is 11.8 Å². The second kappa shape index (κ2) is 11.2. The maximum atomic E-state index is 15.2. The molecule has 0 saturated carbocycles. The molecule has 0 unspecified atom stereocenters. The fourth-order valence-corrected chi connectivity index (χ4v) is 7.04. The Morgan fingerprint density at radius 2 is 1.83 bits per heavy atom. The van der Waals surface area contributed by atoms with Crippen molar-refractivity contribution in [2.75, 3.05) is 37.4 Å². The minimum absolute atomic E-state index is 0.0263. The third-order valence-electron chi connectivity index (χ3n) is 7.11. The smallest absolute Gasteiger partial charge is 0.410 e. The van der Waals surface area contributed by atoms with E-state index in [1.54, 1.807) is 18.1 Å². The predicted octanol–water partition coefficient (Wildman–Crippen LogP) is 6.21. The average molecular weight is 628 g/mol. The van der Waals surface area contributed by atoms with Crippen LogP contribution in [0.4, 0.5) is 19.4 Å². The topological polar surface area (TPSA) is 76.9 Å². The number of nitrogens with zero attached hydrogens (tertiary/aromatic N) is 4. The Bertz CT molecular complexity index is 1600. The molecule has 2 atom stereocenters. The van der Waals surface area contributed by atoms with E-state index < -0.39 is 29.0 Å². The van der Waals surface area contributed by atoms with Gasteiger partial charge in [0.1, 0.15) is 23.1 Å². The third kappa shape index (κ3) is 5.74. The Hall–Kier alpha value is -2.60. The zero-order chi connectivity index (χ0) is 29.8. The van der Waals surface area contributed by atoms with Crippen LogP contribution in [0.25, 0.3) is 22.0 Å². The molecule has 0 bridgehead atoms. The van der Waals surface area contributed by atoms with Crippen molar-refractivity contribution in [1.82, 2.24) is 14.5 Å². The second-order valence-corrected chi connectivity index (χ2v) is 13.0. The largest absolute Gasteiger partial charge is 0.444 e. The van der Waals surface area contributed by atoms with Crippen LogP contribution in [-0.4, -0.2) is 70.8 Å². The molecule has 13 heteroatoms. The molecule has 3 heterocycles. The number of piperazine rings is 1. The molecule has 3 aromatic rings. The summed E-state index contributed by atoms with van der Waals surface area (Å²) in [6.45, 7) is 8.74. The highest BCUT2D eigenvalue weighted by Gasteiger charge is 2.34. The van der Waals surface area contributed by atoms with Crippen LogP contribution in [-0.2, 0) is 16.0 Å². The number of carbonyl (C=O) groups is 1. The van der Waals surface area contributed by atoms with Gasteiger partial charge in [-0.2, -0.15) is 4.98 Å². The van der Waals surface area contributed by atoms with E-state index in [9.17, 15) is 14.0 Å². The molecule has 1 fully saturated rings. The fraction of sp³-hybridized carbons (Fsp3) is 0.464. The molecule has 0 N–H and O–H groups in total. The Labute approximate surface area is 250 Å². The average Bonchev–Trinajstić information content (AvgIpc) is 3.08. The molecule has 2 aliphatic rings. The van der Waals surface area contributed by atoms with Crippen molar-refractivity contribution in [1.29, 1.82) is 0 Å². The number of benzene rings is 2. The van der Waals surface area contributed by atoms with Crippen molar-refractivity contribution in [3.63, 3.8) is 0 Å². The lowest BCUT2D eigenvalue weighted by Gasteiger charge is -2.41. The number of thioether (sulfide) groups is 1. The fourth-order valence-electron chi connectivity index (χ4n) is 5.20. The second-order valence-electron chi connectivity index (χ2n) is 11.2. The van der Waals surface area contributed by atoms with Crippen molar-refractivity contribution in [3.8, 4) is 11.1 Å². The van der Waals surface area contributed by atoms with Crippen LogP contribution in [0.2, 0.25) is 10.0 Å². The number of carbonyl (C=O) groups excluding carboxylic acids is 1. The molecule has 1 amide bonds. The highest BCUT2D eigenvalue weighted by Crippen LogP contribution is 2.47. The summed E-state index contributed by atoms with van der Waals surface area (Å²) in [4.78, 5) is 34.9. The molecule has 2 aromatic carbocycles. The highest BCUT2D eigenvalue weighted by atomic mass is 35.5. The van der Waals surface area contributed by atoms with Gasteiger partial charge in [-0.1, -0.05) is 23.2 Å². The summed E-state index contributed by atoms with van der Waals surface area (Å²) >= 11 is 14.3. The lowest BCUT2D eigenvalue weighted by Crippen LogP contribution is -2.55. The van der Waals surface area contributed by atoms with Gasteiger partial charge in [-0.15, -0.1) is 11.8 Å². The van der Waals surface area contributed by atoms with E-state index in [-0.39, 0.29) is 34.3 Å². The van der Waals surface area contributed by atoms with Crippen molar-refractivity contribution in [2.45, 2.75) is 56.9 Å². The van der Waals surface area contributed by atoms with Gasteiger partial charge in [0.15, 0.2) is 0 Å². The molecule has 1 saturated heterocycles. The quantitative estimate of drug-likeness (QED) is 0.320. The van der Waals surface area contributed by atoms with E-state index >= 15 is 4.39 Å². The number of anilines is 1. The van der Waals surface area contributed by atoms with Gasteiger partial charge in [-0.3, -0.25) is 4.57 Å². The molecular weight excluding hydrogens is 597 g/mol. The minimum atomic E-state index is -0.884. The molecule has 0 aliphatic carbocycles.